The quantitative estimate of drug-likeness (QED) is 0.864. The maximum atomic E-state index is 3.70. The van der Waals surface area contributed by atoms with E-state index in [4.69, 9.17) is 0 Å². The number of rotatable bonds is 5. The molecular weight excluding hydrogens is 312 g/mol. The Labute approximate surface area is 132 Å². The van der Waals surface area contributed by atoms with Crippen molar-refractivity contribution in [2.75, 3.05) is 19.6 Å². The van der Waals surface area contributed by atoms with Crippen LogP contribution >= 0.6 is 15.9 Å². The van der Waals surface area contributed by atoms with E-state index in [9.17, 15) is 0 Å². The van der Waals surface area contributed by atoms with Gasteiger partial charge in [0.05, 0.1) is 0 Å². The Morgan fingerprint density at radius 3 is 2.90 bits per heavy atom. The third kappa shape index (κ3) is 4.06. The van der Waals surface area contributed by atoms with Crippen LogP contribution in [0.25, 0.3) is 0 Å². The first kappa shape index (κ1) is 16.0. The highest BCUT2D eigenvalue weighted by Gasteiger charge is 2.28. The molecule has 1 fully saturated rings. The first-order chi connectivity index (χ1) is 9.61. The lowest BCUT2D eigenvalue weighted by Gasteiger charge is -2.40. The van der Waals surface area contributed by atoms with Gasteiger partial charge >= 0.3 is 0 Å². The summed E-state index contributed by atoms with van der Waals surface area (Å²) < 4.78 is 1.18. The second kappa shape index (κ2) is 7.58. The number of nitrogens with one attached hydrogen (secondary N) is 1. The van der Waals surface area contributed by atoms with Crippen molar-refractivity contribution in [2.45, 2.75) is 45.7 Å². The number of benzene rings is 1. The van der Waals surface area contributed by atoms with Crippen LogP contribution in [-0.2, 0) is 0 Å². The average molecular weight is 339 g/mol. The van der Waals surface area contributed by atoms with Crippen LogP contribution in [-0.4, -0.2) is 30.6 Å². The van der Waals surface area contributed by atoms with Gasteiger partial charge in [0.25, 0.3) is 0 Å². The van der Waals surface area contributed by atoms with Crippen molar-refractivity contribution in [3.63, 3.8) is 0 Å². The van der Waals surface area contributed by atoms with Gasteiger partial charge in [0, 0.05) is 29.6 Å². The largest absolute Gasteiger partial charge is 0.314 e. The summed E-state index contributed by atoms with van der Waals surface area (Å²) in [6.45, 7) is 10.5. The Hall–Kier alpha value is -0.380. The highest BCUT2D eigenvalue weighted by Crippen LogP contribution is 2.28. The summed E-state index contributed by atoms with van der Waals surface area (Å²) in [4.78, 5) is 2.62. The van der Waals surface area contributed by atoms with E-state index in [1.54, 1.807) is 0 Å². The van der Waals surface area contributed by atoms with Crippen LogP contribution in [0, 0.1) is 5.92 Å². The van der Waals surface area contributed by atoms with Crippen LogP contribution in [0.4, 0.5) is 0 Å². The fourth-order valence-electron chi connectivity index (χ4n) is 3.14. The molecular formula is C17H27BrN2. The van der Waals surface area contributed by atoms with Crippen molar-refractivity contribution in [3.05, 3.63) is 34.3 Å². The minimum Gasteiger partial charge on any atom is -0.314 e. The monoisotopic (exact) mass is 338 g/mol. The molecule has 3 atom stereocenters. The zero-order chi connectivity index (χ0) is 14.5. The lowest BCUT2D eigenvalue weighted by Crippen LogP contribution is -2.49. The molecule has 0 saturated carbocycles. The van der Waals surface area contributed by atoms with E-state index in [0.29, 0.717) is 12.1 Å². The molecule has 0 amide bonds. The number of halogens is 1. The van der Waals surface area contributed by atoms with Crippen LogP contribution in [0.1, 0.15) is 45.2 Å². The maximum Gasteiger partial charge on any atom is 0.0320 e. The van der Waals surface area contributed by atoms with Gasteiger partial charge in [-0.2, -0.15) is 0 Å². The number of hydrogen-bond donors (Lipinski definition) is 1. The average Bonchev–Trinajstić information content (AvgIpc) is 2.45. The van der Waals surface area contributed by atoms with E-state index < -0.39 is 0 Å². The third-order valence-corrected chi connectivity index (χ3v) is 4.97. The van der Waals surface area contributed by atoms with Gasteiger partial charge in [-0.1, -0.05) is 41.9 Å². The third-order valence-electron chi connectivity index (χ3n) is 4.47. The molecule has 0 bridgehead atoms. The zero-order valence-corrected chi connectivity index (χ0v) is 14.5. The molecule has 20 heavy (non-hydrogen) atoms. The predicted molar refractivity (Wildman–Crippen MR) is 90.0 cm³/mol. The zero-order valence-electron chi connectivity index (χ0n) is 12.9. The summed E-state index contributed by atoms with van der Waals surface area (Å²) in [6.07, 6.45) is 2.49. The molecule has 3 unspecified atom stereocenters. The molecule has 112 valence electrons. The Bertz CT molecular complexity index is 421. The summed E-state index contributed by atoms with van der Waals surface area (Å²) in [6, 6.07) is 9.91. The Morgan fingerprint density at radius 1 is 1.45 bits per heavy atom. The molecule has 3 heteroatoms. The standard InChI is InChI=1S/C17H27BrN2/c1-4-9-19-17-8-10-20(12-13(17)2)14(3)15-6-5-7-16(18)11-15/h5-7,11,13-14,17,19H,4,8-10,12H2,1-3H3. The van der Waals surface area contributed by atoms with E-state index in [-0.39, 0.29) is 0 Å². The van der Waals surface area contributed by atoms with Gasteiger partial charge in [-0.25, -0.2) is 0 Å². The predicted octanol–water partition coefficient (Wildman–Crippen LogP) is 4.22. The number of piperidine rings is 1. The number of likely N-dealkylation sites (tertiary alicyclic amines) is 1. The maximum absolute atomic E-state index is 3.70. The summed E-state index contributed by atoms with van der Waals surface area (Å²) in [5, 5.41) is 3.70. The Kier molecular flexibility index (Phi) is 6.06. The molecule has 2 nitrogen and oxygen atoms in total. The van der Waals surface area contributed by atoms with Gasteiger partial charge in [-0.3, -0.25) is 4.90 Å². The molecule has 1 aromatic carbocycles. The normalized spacial score (nSPS) is 25.6. The van der Waals surface area contributed by atoms with Gasteiger partial charge < -0.3 is 5.32 Å². The summed E-state index contributed by atoms with van der Waals surface area (Å²) in [5.74, 6) is 0.727. The van der Waals surface area contributed by atoms with Crippen molar-refractivity contribution < 1.29 is 0 Å². The first-order valence-corrected chi connectivity index (χ1v) is 8.64. The Morgan fingerprint density at radius 2 is 2.25 bits per heavy atom. The molecule has 1 aliphatic rings. The molecule has 2 rings (SSSR count). The second-order valence-corrected chi connectivity index (χ2v) is 6.97. The molecule has 0 aromatic heterocycles. The molecule has 1 heterocycles. The molecule has 0 radical (unpaired) electrons. The van der Waals surface area contributed by atoms with Crippen molar-refractivity contribution in [1.29, 1.82) is 0 Å². The van der Waals surface area contributed by atoms with Crippen LogP contribution in [0.15, 0.2) is 28.7 Å². The lowest BCUT2D eigenvalue weighted by atomic mass is 9.91. The molecule has 1 aromatic rings. The van der Waals surface area contributed by atoms with E-state index in [1.807, 2.05) is 0 Å². The minimum absolute atomic E-state index is 0.502. The molecule has 1 saturated heterocycles. The van der Waals surface area contributed by atoms with E-state index in [2.05, 4.69) is 71.2 Å². The summed E-state index contributed by atoms with van der Waals surface area (Å²) in [7, 11) is 0. The number of hydrogen-bond acceptors (Lipinski definition) is 2. The van der Waals surface area contributed by atoms with Gasteiger partial charge in [-0.05, 0) is 49.9 Å². The van der Waals surface area contributed by atoms with Crippen LogP contribution in [0.5, 0.6) is 0 Å². The molecule has 1 aliphatic heterocycles. The van der Waals surface area contributed by atoms with Gasteiger partial charge in [0.1, 0.15) is 0 Å². The highest BCUT2D eigenvalue weighted by molar-refractivity contribution is 9.10. The van der Waals surface area contributed by atoms with Crippen LogP contribution in [0.2, 0.25) is 0 Å². The summed E-state index contributed by atoms with van der Waals surface area (Å²) >= 11 is 3.58. The van der Waals surface area contributed by atoms with Gasteiger partial charge in [0.2, 0.25) is 0 Å². The SMILES string of the molecule is CCCNC1CCN(C(C)c2cccc(Br)c2)CC1C. The second-order valence-electron chi connectivity index (χ2n) is 6.05. The van der Waals surface area contributed by atoms with Gasteiger partial charge in [-0.15, -0.1) is 0 Å². The van der Waals surface area contributed by atoms with Crippen molar-refractivity contribution in [1.82, 2.24) is 10.2 Å². The van der Waals surface area contributed by atoms with Crippen molar-refractivity contribution >= 4 is 15.9 Å². The van der Waals surface area contributed by atoms with E-state index in [1.165, 1.54) is 36.0 Å². The van der Waals surface area contributed by atoms with Crippen LogP contribution in [0.3, 0.4) is 0 Å². The summed E-state index contributed by atoms with van der Waals surface area (Å²) in [5.41, 5.74) is 1.41. The van der Waals surface area contributed by atoms with E-state index in [0.717, 1.165) is 12.5 Å². The highest BCUT2D eigenvalue weighted by atomic mass is 79.9. The van der Waals surface area contributed by atoms with E-state index >= 15 is 0 Å². The molecule has 0 spiro atoms. The topological polar surface area (TPSA) is 15.3 Å². The molecule has 0 aliphatic carbocycles. The fraction of sp³-hybridized carbons (Fsp3) is 0.647. The van der Waals surface area contributed by atoms with Crippen LogP contribution < -0.4 is 5.32 Å². The molecule has 1 N–H and O–H groups in total. The van der Waals surface area contributed by atoms with Crippen molar-refractivity contribution in [2.24, 2.45) is 5.92 Å². The van der Waals surface area contributed by atoms with Crippen molar-refractivity contribution in [3.8, 4) is 0 Å². The number of nitrogens with zero attached hydrogens (tertiary/aromatic N) is 1. The van der Waals surface area contributed by atoms with Gasteiger partial charge in [0.15, 0.2) is 0 Å². The fourth-order valence-corrected chi connectivity index (χ4v) is 3.56. The Balaban J connectivity index is 1.95. The first-order valence-electron chi connectivity index (χ1n) is 7.84. The smallest absolute Gasteiger partial charge is 0.0320 e. The lowest BCUT2D eigenvalue weighted by molar-refractivity contribution is 0.111. The minimum atomic E-state index is 0.502.